The minimum absolute atomic E-state index is 0.215. The van der Waals surface area contributed by atoms with Crippen LogP contribution in [0.3, 0.4) is 0 Å². The van der Waals surface area contributed by atoms with E-state index >= 15 is 0 Å². The Bertz CT molecular complexity index is 398. The number of aryl methyl sites for hydroxylation is 1. The van der Waals surface area contributed by atoms with Crippen LogP contribution in [0.15, 0.2) is 9.85 Å². The first-order chi connectivity index (χ1) is 7.24. The molecule has 0 spiro atoms. The number of hydrogen-bond donors (Lipinski definition) is 2. The zero-order chi connectivity index (χ0) is 12.5. The van der Waals surface area contributed by atoms with Gasteiger partial charge in [-0.05, 0) is 54.8 Å². The molecule has 0 radical (unpaired) electrons. The molecule has 0 fully saturated rings. The molecule has 0 amide bonds. The van der Waals surface area contributed by atoms with Crippen LogP contribution in [0.25, 0.3) is 0 Å². The van der Waals surface area contributed by atoms with Gasteiger partial charge in [0, 0.05) is 4.88 Å². The van der Waals surface area contributed by atoms with E-state index in [0.717, 1.165) is 14.2 Å². The molecule has 0 aromatic carbocycles. The molecule has 5 heteroatoms. The van der Waals surface area contributed by atoms with Crippen LogP contribution in [0, 0.1) is 12.3 Å². The average Bonchev–Trinajstić information content (AvgIpc) is 2.44. The fourth-order valence-electron chi connectivity index (χ4n) is 1.47. The maximum Gasteiger partial charge on any atom is 0.309 e. The topological polar surface area (TPSA) is 57.5 Å². The highest BCUT2D eigenvalue weighted by molar-refractivity contribution is 9.11. The SMILES string of the molecule is Cc1sc(Br)cc1C(O)CC(C)(C)C(=O)O. The van der Waals surface area contributed by atoms with E-state index in [4.69, 9.17) is 5.11 Å². The Morgan fingerprint density at radius 1 is 1.62 bits per heavy atom. The molecule has 0 aliphatic carbocycles. The Balaban J connectivity index is 2.84. The fraction of sp³-hybridized carbons (Fsp3) is 0.545. The standard InChI is InChI=1S/C11H15BrO3S/c1-6-7(4-9(12)16-6)8(13)5-11(2,3)10(14)15/h4,8,13H,5H2,1-3H3,(H,14,15). The highest BCUT2D eigenvalue weighted by Gasteiger charge is 2.31. The monoisotopic (exact) mass is 306 g/mol. The molecule has 0 saturated heterocycles. The fourth-order valence-corrected chi connectivity index (χ4v) is 3.24. The number of carbonyl (C=O) groups is 1. The van der Waals surface area contributed by atoms with Crippen molar-refractivity contribution < 1.29 is 15.0 Å². The third kappa shape index (κ3) is 3.06. The molecule has 1 aromatic heterocycles. The van der Waals surface area contributed by atoms with Crippen LogP contribution in [-0.2, 0) is 4.79 Å². The van der Waals surface area contributed by atoms with Gasteiger partial charge in [0.25, 0.3) is 0 Å². The summed E-state index contributed by atoms with van der Waals surface area (Å²) in [7, 11) is 0. The van der Waals surface area contributed by atoms with Crippen molar-refractivity contribution in [2.75, 3.05) is 0 Å². The van der Waals surface area contributed by atoms with Crippen molar-refractivity contribution >= 4 is 33.2 Å². The first-order valence-corrected chi connectivity index (χ1v) is 6.52. The molecule has 0 aliphatic rings. The lowest BCUT2D eigenvalue weighted by molar-refractivity contribution is -0.148. The number of carboxylic acids is 1. The smallest absolute Gasteiger partial charge is 0.309 e. The van der Waals surface area contributed by atoms with E-state index in [1.54, 1.807) is 25.2 Å². The number of aliphatic hydroxyl groups excluding tert-OH is 1. The lowest BCUT2D eigenvalue weighted by Crippen LogP contribution is -2.26. The minimum Gasteiger partial charge on any atom is -0.481 e. The van der Waals surface area contributed by atoms with Crippen LogP contribution in [0.5, 0.6) is 0 Å². The molecule has 90 valence electrons. The molecule has 1 aromatic rings. The maximum atomic E-state index is 11.0. The first-order valence-electron chi connectivity index (χ1n) is 4.91. The summed E-state index contributed by atoms with van der Waals surface area (Å²) in [6, 6.07) is 1.85. The van der Waals surface area contributed by atoms with E-state index in [9.17, 15) is 9.90 Å². The van der Waals surface area contributed by atoms with Gasteiger partial charge < -0.3 is 10.2 Å². The van der Waals surface area contributed by atoms with Crippen molar-refractivity contribution in [1.82, 2.24) is 0 Å². The van der Waals surface area contributed by atoms with E-state index in [-0.39, 0.29) is 6.42 Å². The summed E-state index contributed by atoms with van der Waals surface area (Å²) in [6.07, 6.45) is -0.513. The molecule has 0 aliphatic heterocycles. The van der Waals surface area contributed by atoms with E-state index < -0.39 is 17.5 Å². The lowest BCUT2D eigenvalue weighted by Gasteiger charge is -2.22. The van der Waals surface area contributed by atoms with E-state index in [1.165, 1.54) is 0 Å². The number of aliphatic hydroxyl groups is 1. The molecule has 1 unspecified atom stereocenters. The van der Waals surface area contributed by atoms with E-state index in [0.29, 0.717) is 0 Å². The zero-order valence-corrected chi connectivity index (χ0v) is 11.9. The molecule has 0 saturated carbocycles. The molecule has 1 atom stereocenters. The number of thiophene rings is 1. The number of carboxylic acid groups (broad SMARTS) is 1. The molecule has 3 nitrogen and oxygen atoms in total. The van der Waals surface area contributed by atoms with E-state index in [2.05, 4.69) is 15.9 Å². The van der Waals surface area contributed by atoms with Gasteiger partial charge in [-0.2, -0.15) is 0 Å². The first kappa shape index (κ1) is 13.7. The second-order valence-electron chi connectivity index (χ2n) is 4.47. The quantitative estimate of drug-likeness (QED) is 0.897. The van der Waals surface area contributed by atoms with Gasteiger partial charge in [-0.25, -0.2) is 0 Å². The summed E-state index contributed by atoms with van der Waals surface area (Å²) in [5, 5.41) is 19.0. The normalized spacial score (nSPS) is 13.8. The van der Waals surface area contributed by atoms with Crippen molar-refractivity contribution in [2.24, 2.45) is 5.41 Å². The third-order valence-corrected chi connectivity index (χ3v) is 4.14. The van der Waals surface area contributed by atoms with Crippen molar-refractivity contribution in [1.29, 1.82) is 0 Å². The Morgan fingerprint density at radius 2 is 2.19 bits per heavy atom. The van der Waals surface area contributed by atoms with Crippen LogP contribution in [0.2, 0.25) is 0 Å². The van der Waals surface area contributed by atoms with Crippen LogP contribution < -0.4 is 0 Å². The highest BCUT2D eigenvalue weighted by Crippen LogP contribution is 2.36. The number of aliphatic carboxylic acids is 1. The van der Waals surface area contributed by atoms with Crippen LogP contribution in [0.4, 0.5) is 0 Å². The summed E-state index contributed by atoms with van der Waals surface area (Å²) >= 11 is 4.89. The van der Waals surface area contributed by atoms with E-state index in [1.807, 2.05) is 13.0 Å². The van der Waals surface area contributed by atoms with Crippen molar-refractivity contribution in [3.8, 4) is 0 Å². The van der Waals surface area contributed by atoms with Crippen LogP contribution in [0.1, 0.15) is 36.8 Å². The maximum absolute atomic E-state index is 11.0. The lowest BCUT2D eigenvalue weighted by atomic mass is 9.85. The molecule has 0 bridgehead atoms. The summed E-state index contributed by atoms with van der Waals surface area (Å²) in [5.74, 6) is -0.890. The van der Waals surface area contributed by atoms with Gasteiger partial charge in [0.05, 0.1) is 15.3 Å². The van der Waals surface area contributed by atoms with Gasteiger partial charge in [-0.15, -0.1) is 11.3 Å². The van der Waals surface area contributed by atoms with Gasteiger partial charge in [-0.1, -0.05) is 0 Å². The second kappa shape index (κ2) is 4.85. The molecule has 16 heavy (non-hydrogen) atoms. The zero-order valence-electron chi connectivity index (χ0n) is 9.45. The van der Waals surface area contributed by atoms with Crippen molar-refractivity contribution in [3.63, 3.8) is 0 Å². The van der Waals surface area contributed by atoms with Gasteiger partial charge in [0.15, 0.2) is 0 Å². The number of rotatable bonds is 4. The average molecular weight is 307 g/mol. The second-order valence-corrected chi connectivity index (χ2v) is 7.11. The Hall–Kier alpha value is -0.390. The van der Waals surface area contributed by atoms with Gasteiger partial charge in [0.1, 0.15) is 0 Å². The number of halogens is 1. The third-order valence-electron chi connectivity index (χ3n) is 2.57. The molecular weight excluding hydrogens is 292 g/mol. The molecule has 2 N–H and O–H groups in total. The Labute approximate surface area is 107 Å². The molecular formula is C11H15BrO3S. The van der Waals surface area contributed by atoms with Gasteiger partial charge >= 0.3 is 5.97 Å². The predicted molar refractivity (Wildman–Crippen MR) is 67.7 cm³/mol. The van der Waals surface area contributed by atoms with Crippen LogP contribution >= 0.6 is 27.3 Å². The van der Waals surface area contributed by atoms with Crippen LogP contribution in [-0.4, -0.2) is 16.2 Å². The minimum atomic E-state index is -0.916. The van der Waals surface area contributed by atoms with Crippen molar-refractivity contribution in [3.05, 3.63) is 20.3 Å². The molecule has 1 heterocycles. The highest BCUT2D eigenvalue weighted by atomic mass is 79.9. The van der Waals surface area contributed by atoms with Gasteiger partial charge in [0.2, 0.25) is 0 Å². The Morgan fingerprint density at radius 3 is 2.56 bits per heavy atom. The summed E-state index contributed by atoms with van der Waals surface area (Å²) in [4.78, 5) is 12.0. The largest absolute Gasteiger partial charge is 0.481 e. The molecule has 1 rings (SSSR count). The summed E-state index contributed by atoms with van der Waals surface area (Å²) in [6.45, 7) is 5.16. The predicted octanol–water partition coefficient (Wildman–Crippen LogP) is 3.35. The van der Waals surface area contributed by atoms with Gasteiger partial charge in [-0.3, -0.25) is 4.79 Å². The Kier molecular flexibility index (Phi) is 4.15. The summed E-state index contributed by atoms with van der Waals surface area (Å²) in [5.41, 5.74) is -0.105. The summed E-state index contributed by atoms with van der Waals surface area (Å²) < 4.78 is 0.951. The number of hydrogen-bond acceptors (Lipinski definition) is 3. The van der Waals surface area contributed by atoms with Crippen molar-refractivity contribution in [2.45, 2.75) is 33.3 Å².